The van der Waals surface area contributed by atoms with Gasteiger partial charge in [-0.1, -0.05) is 40.9 Å². The van der Waals surface area contributed by atoms with Crippen molar-refractivity contribution in [2.24, 2.45) is 0 Å². The minimum absolute atomic E-state index is 0.255. The molecule has 0 aliphatic heterocycles. The summed E-state index contributed by atoms with van der Waals surface area (Å²) in [5.41, 5.74) is 0.958. The van der Waals surface area contributed by atoms with Gasteiger partial charge in [0.15, 0.2) is 6.61 Å². The molecule has 0 aliphatic carbocycles. The Labute approximate surface area is 142 Å². The molecule has 0 heterocycles. The molecule has 1 N–H and O–H groups in total. The molecule has 0 saturated carbocycles. The van der Waals surface area contributed by atoms with Crippen molar-refractivity contribution >= 4 is 46.4 Å². The van der Waals surface area contributed by atoms with Gasteiger partial charge in [-0.05, 0) is 24.3 Å². The Bertz CT molecular complexity index is 757. The maximum atomic E-state index is 11.8. The van der Waals surface area contributed by atoms with Gasteiger partial charge in [0.2, 0.25) is 0 Å². The number of nitriles is 1. The van der Waals surface area contributed by atoms with E-state index in [1.54, 1.807) is 24.3 Å². The lowest BCUT2D eigenvalue weighted by molar-refractivity contribution is -0.118. The van der Waals surface area contributed by atoms with Crippen LogP contribution in [0.1, 0.15) is 5.56 Å². The summed E-state index contributed by atoms with van der Waals surface area (Å²) in [5.74, 6) is -0.130. The van der Waals surface area contributed by atoms with Crippen LogP contribution in [0.4, 0.5) is 5.69 Å². The number of anilines is 1. The number of amides is 1. The monoisotopic (exact) mass is 354 g/mol. The highest BCUT2D eigenvalue weighted by atomic mass is 35.5. The quantitative estimate of drug-likeness (QED) is 0.819. The number of hydrogen-bond donors (Lipinski definition) is 1. The molecule has 112 valence electrons. The second kappa shape index (κ2) is 7.37. The van der Waals surface area contributed by atoms with Crippen molar-refractivity contribution in [3.63, 3.8) is 0 Å². The van der Waals surface area contributed by atoms with Crippen molar-refractivity contribution in [3.05, 3.63) is 57.0 Å². The summed E-state index contributed by atoms with van der Waals surface area (Å²) < 4.78 is 5.31. The Morgan fingerprint density at radius 2 is 1.86 bits per heavy atom. The molecule has 7 heteroatoms. The number of nitrogens with zero attached hydrogens (tertiary/aromatic N) is 1. The van der Waals surface area contributed by atoms with Crippen LogP contribution in [0.2, 0.25) is 15.1 Å². The fraction of sp³-hybridized carbons (Fsp3) is 0.0667. The molecule has 2 aromatic rings. The average Bonchev–Trinajstić information content (AvgIpc) is 2.49. The first kappa shape index (κ1) is 16.4. The molecule has 0 fully saturated rings. The number of rotatable bonds is 4. The van der Waals surface area contributed by atoms with Crippen molar-refractivity contribution in [2.75, 3.05) is 11.9 Å². The van der Waals surface area contributed by atoms with Gasteiger partial charge < -0.3 is 10.1 Å². The summed E-state index contributed by atoms with van der Waals surface area (Å²) in [6.45, 7) is -0.255. The number of ether oxygens (including phenoxy) is 1. The van der Waals surface area contributed by atoms with Crippen LogP contribution in [0.25, 0.3) is 0 Å². The van der Waals surface area contributed by atoms with Gasteiger partial charge >= 0.3 is 0 Å². The van der Waals surface area contributed by atoms with E-state index < -0.39 is 5.91 Å². The van der Waals surface area contributed by atoms with Gasteiger partial charge in [0.05, 0.1) is 26.7 Å². The molecule has 0 bridgehead atoms. The first-order valence-corrected chi connectivity index (χ1v) is 7.20. The second-order valence-corrected chi connectivity index (χ2v) is 5.45. The molecule has 0 aliphatic rings. The topological polar surface area (TPSA) is 62.1 Å². The smallest absolute Gasteiger partial charge is 0.262 e. The van der Waals surface area contributed by atoms with Crippen molar-refractivity contribution in [1.29, 1.82) is 5.26 Å². The van der Waals surface area contributed by atoms with E-state index in [-0.39, 0.29) is 22.4 Å². The van der Waals surface area contributed by atoms with Gasteiger partial charge in [-0.15, -0.1) is 0 Å². The van der Waals surface area contributed by atoms with E-state index in [9.17, 15) is 4.79 Å². The van der Waals surface area contributed by atoms with E-state index in [1.807, 2.05) is 6.07 Å². The third-order valence-corrected chi connectivity index (χ3v) is 3.63. The van der Waals surface area contributed by atoms with Crippen LogP contribution in [-0.2, 0) is 4.79 Å². The molecule has 0 spiro atoms. The van der Waals surface area contributed by atoms with Crippen molar-refractivity contribution < 1.29 is 9.53 Å². The van der Waals surface area contributed by atoms with Crippen LogP contribution in [0.5, 0.6) is 5.75 Å². The standard InChI is InChI=1S/C15H9Cl3N2O2/c16-11-5-13(18)14(6-12(11)17)22-8-15(21)20-10-3-1-2-9(4-10)7-19/h1-6H,8H2,(H,20,21). The number of carbonyl (C=O) groups excluding carboxylic acids is 1. The Morgan fingerprint density at radius 1 is 1.14 bits per heavy atom. The number of halogens is 3. The molecule has 4 nitrogen and oxygen atoms in total. The minimum atomic E-state index is -0.391. The summed E-state index contributed by atoms with van der Waals surface area (Å²) in [5, 5.41) is 12.3. The molecule has 0 unspecified atom stereocenters. The molecular weight excluding hydrogens is 347 g/mol. The summed E-state index contributed by atoms with van der Waals surface area (Å²) in [6.07, 6.45) is 0. The van der Waals surface area contributed by atoms with E-state index in [4.69, 9.17) is 44.8 Å². The fourth-order valence-electron chi connectivity index (χ4n) is 1.62. The normalized spacial score (nSPS) is 9.91. The highest BCUT2D eigenvalue weighted by Gasteiger charge is 2.10. The second-order valence-electron chi connectivity index (χ2n) is 4.23. The van der Waals surface area contributed by atoms with Crippen LogP contribution in [-0.4, -0.2) is 12.5 Å². The van der Waals surface area contributed by atoms with Gasteiger partial charge in [-0.2, -0.15) is 5.26 Å². The van der Waals surface area contributed by atoms with Crippen LogP contribution < -0.4 is 10.1 Å². The molecule has 2 aromatic carbocycles. The number of carbonyl (C=O) groups is 1. The van der Waals surface area contributed by atoms with E-state index in [0.29, 0.717) is 16.3 Å². The van der Waals surface area contributed by atoms with Crippen molar-refractivity contribution in [3.8, 4) is 11.8 Å². The summed E-state index contributed by atoms with van der Waals surface area (Å²) in [6, 6.07) is 11.4. The Hall–Kier alpha value is -1.93. The first-order chi connectivity index (χ1) is 10.5. The summed E-state index contributed by atoms with van der Waals surface area (Å²) in [4.78, 5) is 11.8. The van der Waals surface area contributed by atoms with Crippen LogP contribution in [0.15, 0.2) is 36.4 Å². The molecular formula is C15H9Cl3N2O2. The zero-order valence-corrected chi connectivity index (χ0v) is 13.3. The molecule has 0 aromatic heterocycles. The lowest BCUT2D eigenvalue weighted by atomic mass is 10.2. The van der Waals surface area contributed by atoms with E-state index >= 15 is 0 Å². The lowest BCUT2D eigenvalue weighted by Gasteiger charge is -2.10. The zero-order valence-electron chi connectivity index (χ0n) is 11.1. The Morgan fingerprint density at radius 3 is 2.59 bits per heavy atom. The van der Waals surface area contributed by atoms with E-state index in [0.717, 1.165) is 0 Å². The van der Waals surface area contributed by atoms with Gasteiger partial charge in [-0.3, -0.25) is 4.79 Å². The largest absolute Gasteiger partial charge is 0.482 e. The SMILES string of the molecule is N#Cc1cccc(NC(=O)COc2cc(Cl)c(Cl)cc2Cl)c1. The molecule has 2 rings (SSSR count). The predicted molar refractivity (Wildman–Crippen MR) is 86.8 cm³/mol. The zero-order chi connectivity index (χ0) is 16.1. The molecule has 1 amide bonds. The maximum Gasteiger partial charge on any atom is 0.262 e. The van der Waals surface area contributed by atoms with Gasteiger partial charge in [0.1, 0.15) is 5.75 Å². The highest BCUT2D eigenvalue weighted by molar-refractivity contribution is 6.43. The summed E-state index contributed by atoms with van der Waals surface area (Å²) in [7, 11) is 0. The van der Waals surface area contributed by atoms with Gasteiger partial charge in [-0.25, -0.2) is 0 Å². The fourth-order valence-corrected chi connectivity index (χ4v) is 2.21. The lowest BCUT2D eigenvalue weighted by Crippen LogP contribution is -2.20. The van der Waals surface area contributed by atoms with Crippen LogP contribution in [0.3, 0.4) is 0 Å². The van der Waals surface area contributed by atoms with Gasteiger partial charge in [0, 0.05) is 11.8 Å². The molecule has 0 atom stereocenters. The van der Waals surface area contributed by atoms with E-state index in [1.165, 1.54) is 12.1 Å². The molecule has 0 saturated heterocycles. The van der Waals surface area contributed by atoms with Crippen LogP contribution in [0, 0.1) is 11.3 Å². The number of benzene rings is 2. The number of hydrogen-bond acceptors (Lipinski definition) is 3. The average molecular weight is 356 g/mol. The Balaban J connectivity index is 1.98. The molecule has 0 radical (unpaired) electrons. The predicted octanol–water partition coefficient (Wildman–Crippen LogP) is 4.54. The van der Waals surface area contributed by atoms with Gasteiger partial charge in [0.25, 0.3) is 5.91 Å². The Kier molecular flexibility index (Phi) is 5.51. The third kappa shape index (κ3) is 4.28. The van der Waals surface area contributed by atoms with Crippen LogP contribution >= 0.6 is 34.8 Å². The highest BCUT2D eigenvalue weighted by Crippen LogP contribution is 2.33. The van der Waals surface area contributed by atoms with E-state index in [2.05, 4.69) is 5.32 Å². The van der Waals surface area contributed by atoms with Crippen molar-refractivity contribution in [2.45, 2.75) is 0 Å². The maximum absolute atomic E-state index is 11.8. The van der Waals surface area contributed by atoms with Crippen molar-refractivity contribution in [1.82, 2.24) is 0 Å². The number of nitrogens with one attached hydrogen (secondary N) is 1. The molecule has 22 heavy (non-hydrogen) atoms. The third-order valence-electron chi connectivity index (χ3n) is 2.61. The first-order valence-electron chi connectivity index (χ1n) is 6.07. The summed E-state index contributed by atoms with van der Waals surface area (Å²) >= 11 is 17.6. The minimum Gasteiger partial charge on any atom is -0.482 e.